The molecule has 1 aromatic rings. The molecule has 2 N–H and O–H groups in total. The van der Waals surface area contributed by atoms with Crippen molar-refractivity contribution in [2.75, 3.05) is 0 Å². The molecule has 0 aliphatic carbocycles. The molecule has 4 nitrogen and oxygen atoms in total. The normalized spacial score (nSPS) is 12.8. The van der Waals surface area contributed by atoms with Crippen LogP contribution in [0.25, 0.3) is 0 Å². The van der Waals surface area contributed by atoms with E-state index in [0.717, 1.165) is 12.1 Å². The zero-order valence-electron chi connectivity index (χ0n) is 10.3. The molecule has 0 spiro atoms. The summed E-state index contributed by atoms with van der Waals surface area (Å²) < 4.78 is 49.9. The van der Waals surface area contributed by atoms with Gasteiger partial charge >= 0.3 is 12.1 Å². The van der Waals surface area contributed by atoms with Gasteiger partial charge in [-0.25, -0.2) is 9.18 Å². The highest BCUT2D eigenvalue weighted by atomic mass is 19.4. The number of aliphatic carboxylic acids is 1. The molecule has 1 amide bonds. The van der Waals surface area contributed by atoms with Gasteiger partial charge in [-0.15, -0.1) is 0 Å². The summed E-state index contributed by atoms with van der Waals surface area (Å²) >= 11 is 0. The van der Waals surface area contributed by atoms with Gasteiger partial charge in [0.1, 0.15) is 11.9 Å². The van der Waals surface area contributed by atoms with E-state index in [2.05, 4.69) is 0 Å². The zero-order valence-corrected chi connectivity index (χ0v) is 10.3. The molecule has 0 bridgehead atoms. The molecule has 1 aromatic carbocycles. The number of carbonyl (C=O) groups excluding carboxylic acids is 1. The quantitative estimate of drug-likeness (QED) is 0.837. The molecule has 0 aromatic heterocycles. The Kier molecular flexibility index (Phi) is 4.69. The summed E-state index contributed by atoms with van der Waals surface area (Å²) in [6.45, 7) is 1.56. The molecule has 1 rings (SSSR count). The molecular weight excluding hydrogens is 282 g/mol. The van der Waals surface area contributed by atoms with Crippen LogP contribution in [0.15, 0.2) is 18.2 Å². The van der Waals surface area contributed by atoms with Gasteiger partial charge in [0.05, 0.1) is 12.0 Å². The van der Waals surface area contributed by atoms with Crippen LogP contribution < -0.4 is 5.32 Å². The molecule has 0 radical (unpaired) electrons. The molecule has 0 heterocycles. The highest BCUT2D eigenvalue weighted by Gasteiger charge is 2.36. The summed E-state index contributed by atoms with van der Waals surface area (Å²) in [7, 11) is 0. The number of benzene rings is 1. The number of carboxylic acids is 1. The van der Waals surface area contributed by atoms with Crippen LogP contribution in [0.3, 0.4) is 0 Å². The Morgan fingerprint density at radius 2 is 1.95 bits per heavy atom. The SMILES string of the molecule is Cc1ccc(F)c(C(=O)NC(CC(F)(F)F)C(=O)O)c1. The minimum absolute atomic E-state index is 0.501. The highest BCUT2D eigenvalue weighted by molar-refractivity contribution is 5.97. The Bertz CT molecular complexity index is 528. The van der Waals surface area contributed by atoms with Crippen LogP contribution in [0, 0.1) is 12.7 Å². The summed E-state index contributed by atoms with van der Waals surface area (Å²) in [6.07, 6.45) is -6.50. The lowest BCUT2D eigenvalue weighted by molar-refractivity contribution is -0.157. The molecule has 110 valence electrons. The standard InChI is InChI=1S/C12H11F4NO3/c1-6-2-3-8(13)7(4-6)10(18)17-9(11(19)20)5-12(14,15)16/h2-4,9H,5H2,1H3,(H,17,18)(H,19,20). The molecule has 0 saturated heterocycles. The summed E-state index contributed by atoms with van der Waals surface area (Å²) in [5.41, 5.74) is 0.0117. The van der Waals surface area contributed by atoms with Crippen molar-refractivity contribution < 1.29 is 32.3 Å². The first kappa shape index (κ1) is 15.9. The maximum Gasteiger partial charge on any atom is 0.391 e. The van der Waals surface area contributed by atoms with Gasteiger partial charge in [-0.2, -0.15) is 13.2 Å². The highest BCUT2D eigenvalue weighted by Crippen LogP contribution is 2.22. The van der Waals surface area contributed by atoms with E-state index in [1.165, 1.54) is 6.07 Å². The second-order valence-electron chi connectivity index (χ2n) is 4.17. The second kappa shape index (κ2) is 5.89. The molecule has 0 fully saturated rings. The second-order valence-corrected chi connectivity index (χ2v) is 4.17. The van der Waals surface area contributed by atoms with Crippen LogP contribution in [-0.2, 0) is 4.79 Å². The summed E-state index contributed by atoms with van der Waals surface area (Å²) in [4.78, 5) is 22.3. The van der Waals surface area contributed by atoms with E-state index >= 15 is 0 Å². The van der Waals surface area contributed by atoms with Crippen molar-refractivity contribution in [3.05, 3.63) is 35.1 Å². The van der Waals surface area contributed by atoms with Crippen molar-refractivity contribution in [2.45, 2.75) is 25.6 Å². The molecule has 0 saturated carbocycles. The van der Waals surface area contributed by atoms with Crippen molar-refractivity contribution in [2.24, 2.45) is 0 Å². The summed E-state index contributed by atoms with van der Waals surface area (Å²) in [6, 6.07) is 1.31. The first-order valence-corrected chi connectivity index (χ1v) is 5.46. The summed E-state index contributed by atoms with van der Waals surface area (Å²) in [5.74, 6) is -3.99. The molecule has 1 atom stereocenters. The van der Waals surface area contributed by atoms with E-state index in [-0.39, 0.29) is 0 Å². The van der Waals surface area contributed by atoms with Crippen LogP contribution >= 0.6 is 0 Å². The Hall–Kier alpha value is -2.12. The van der Waals surface area contributed by atoms with E-state index < -0.39 is 41.9 Å². The maximum atomic E-state index is 13.4. The first-order valence-electron chi connectivity index (χ1n) is 5.46. The number of carboxylic acid groups (broad SMARTS) is 1. The van der Waals surface area contributed by atoms with Crippen LogP contribution in [-0.4, -0.2) is 29.2 Å². The number of rotatable bonds is 4. The van der Waals surface area contributed by atoms with Gasteiger partial charge in [-0.05, 0) is 19.1 Å². The third kappa shape index (κ3) is 4.52. The van der Waals surface area contributed by atoms with Crippen molar-refractivity contribution in [1.29, 1.82) is 0 Å². The Balaban J connectivity index is 2.91. The minimum atomic E-state index is -4.76. The Morgan fingerprint density at radius 1 is 1.35 bits per heavy atom. The smallest absolute Gasteiger partial charge is 0.391 e. The minimum Gasteiger partial charge on any atom is -0.480 e. The van der Waals surface area contributed by atoms with Crippen LogP contribution in [0.5, 0.6) is 0 Å². The molecular formula is C12H11F4NO3. The van der Waals surface area contributed by atoms with Gasteiger partial charge in [-0.1, -0.05) is 11.6 Å². The fourth-order valence-electron chi connectivity index (χ4n) is 1.48. The van der Waals surface area contributed by atoms with Crippen molar-refractivity contribution in [3.8, 4) is 0 Å². The average Bonchev–Trinajstić information content (AvgIpc) is 2.29. The van der Waals surface area contributed by atoms with E-state index in [9.17, 15) is 27.2 Å². The van der Waals surface area contributed by atoms with Crippen LogP contribution in [0.1, 0.15) is 22.3 Å². The number of halogens is 4. The van der Waals surface area contributed by atoms with E-state index in [1.807, 2.05) is 0 Å². The van der Waals surface area contributed by atoms with E-state index in [1.54, 1.807) is 12.2 Å². The van der Waals surface area contributed by atoms with Crippen molar-refractivity contribution >= 4 is 11.9 Å². The third-order valence-corrected chi connectivity index (χ3v) is 2.41. The lowest BCUT2D eigenvalue weighted by Gasteiger charge is -2.16. The lowest BCUT2D eigenvalue weighted by Crippen LogP contribution is -2.43. The van der Waals surface area contributed by atoms with Crippen LogP contribution in [0.2, 0.25) is 0 Å². The molecule has 8 heteroatoms. The third-order valence-electron chi connectivity index (χ3n) is 2.41. The molecule has 0 aliphatic heterocycles. The molecule has 0 aliphatic rings. The number of carbonyl (C=O) groups is 2. The van der Waals surface area contributed by atoms with Gasteiger partial charge in [0.2, 0.25) is 0 Å². The fourth-order valence-corrected chi connectivity index (χ4v) is 1.48. The number of amides is 1. The van der Waals surface area contributed by atoms with Gasteiger partial charge in [0.25, 0.3) is 5.91 Å². The summed E-state index contributed by atoms with van der Waals surface area (Å²) in [5, 5.41) is 10.3. The van der Waals surface area contributed by atoms with Gasteiger partial charge in [0.15, 0.2) is 0 Å². The predicted molar refractivity (Wildman–Crippen MR) is 60.7 cm³/mol. The monoisotopic (exact) mass is 293 g/mol. The van der Waals surface area contributed by atoms with Gasteiger partial charge in [0, 0.05) is 0 Å². The number of nitrogens with one attached hydrogen (secondary N) is 1. The van der Waals surface area contributed by atoms with Crippen molar-refractivity contribution in [1.82, 2.24) is 5.32 Å². The Labute approximate surface area is 111 Å². The fraction of sp³-hybridized carbons (Fsp3) is 0.333. The van der Waals surface area contributed by atoms with Gasteiger partial charge < -0.3 is 10.4 Å². The molecule has 20 heavy (non-hydrogen) atoms. The molecule has 1 unspecified atom stereocenters. The average molecular weight is 293 g/mol. The lowest BCUT2D eigenvalue weighted by atomic mass is 10.1. The first-order chi connectivity index (χ1) is 9.10. The number of hydrogen-bond donors (Lipinski definition) is 2. The number of aryl methyl sites for hydroxylation is 1. The Morgan fingerprint density at radius 3 is 2.45 bits per heavy atom. The van der Waals surface area contributed by atoms with Gasteiger partial charge in [-0.3, -0.25) is 4.79 Å². The maximum absolute atomic E-state index is 13.4. The van der Waals surface area contributed by atoms with Crippen molar-refractivity contribution in [3.63, 3.8) is 0 Å². The van der Waals surface area contributed by atoms with Crippen LogP contribution in [0.4, 0.5) is 17.6 Å². The predicted octanol–water partition coefficient (Wildman–Crippen LogP) is 2.27. The topological polar surface area (TPSA) is 66.4 Å². The van der Waals surface area contributed by atoms with E-state index in [0.29, 0.717) is 5.56 Å². The van der Waals surface area contributed by atoms with E-state index in [4.69, 9.17) is 5.11 Å². The zero-order chi connectivity index (χ0) is 15.5. The number of alkyl halides is 3. The largest absolute Gasteiger partial charge is 0.480 e. The number of hydrogen-bond acceptors (Lipinski definition) is 2.